The number of halogens is 4. The number of hydrogen-bond donors (Lipinski definition) is 0. The Kier molecular flexibility index (Phi) is 4.67. The third-order valence-corrected chi connectivity index (χ3v) is 2.24. The molecule has 0 saturated carbocycles. The second kappa shape index (κ2) is 5.87. The number of benzene rings is 1. The molecule has 8 heteroatoms. The van der Waals surface area contributed by atoms with Gasteiger partial charge < -0.3 is 4.74 Å². The summed E-state index contributed by atoms with van der Waals surface area (Å²) >= 11 is 0. The zero-order chi connectivity index (χ0) is 14.0. The zero-order valence-corrected chi connectivity index (χ0v) is 10.5. The molecule has 0 N–H and O–H groups in total. The van der Waals surface area contributed by atoms with E-state index in [0.29, 0.717) is 10.9 Å². The minimum atomic E-state index is -5.21. The van der Waals surface area contributed by atoms with Crippen molar-refractivity contribution in [3.8, 4) is 0 Å². The summed E-state index contributed by atoms with van der Waals surface area (Å²) in [6.45, 7) is 0. The molecule has 0 spiro atoms. The van der Waals surface area contributed by atoms with E-state index in [2.05, 4.69) is 9.72 Å². The lowest BCUT2D eigenvalue weighted by Crippen LogP contribution is -2.28. The average molecular weight is 306 g/mol. The smallest absolute Gasteiger partial charge is 0.383 e. The van der Waals surface area contributed by atoms with Gasteiger partial charge in [-0.15, -0.1) is 12.4 Å². The Morgan fingerprint density at radius 1 is 1.15 bits per heavy atom. The molecule has 0 radical (unpaired) electrons. The Labute approximate surface area is 117 Å². The molecule has 106 valence electrons. The van der Waals surface area contributed by atoms with E-state index in [1.165, 1.54) is 6.07 Å². The molecule has 0 aliphatic rings. The van der Waals surface area contributed by atoms with Crippen molar-refractivity contribution in [1.82, 2.24) is 4.98 Å². The number of para-hydroxylation sites is 1. The highest BCUT2D eigenvalue weighted by molar-refractivity contribution is 6.00. The summed E-state index contributed by atoms with van der Waals surface area (Å²) in [4.78, 5) is 25.8. The first-order valence-corrected chi connectivity index (χ1v) is 5.06. The number of fused-ring (bicyclic) bond motifs is 1. The fourth-order valence-electron chi connectivity index (χ4n) is 1.38. The van der Waals surface area contributed by atoms with Crippen LogP contribution >= 0.6 is 12.4 Å². The van der Waals surface area contributed by atoms with Gasteiger partial charge in [0, 0.05) is 11.6 Å². The van der Waals surface area contributed by atoms with Crippen LogP contribution in [0.3, 0.4) is 0 Å². The number of pyridine rings is 1. The number of rotatable bonds is 1. The summed E-state index contributed by atoms with van der Waals surface area (Å²) < 4.78 is 39.5. The highest BCUT2D eigenvalue weighted by Crippen LogP contribution is 2.18. The molecule has 1 aromatic carbocycles. The Morgan fingerprint density at radius 3 is 2.45 bits per heavy atom. The molecule has 0 bridgehead atoms. The maximum atomic E-state index is 11.9. The molecule has 0 aliphatic carbocycles. The number of esters is 2. The van der Waals surface area contributed by atoms with Crippen molar-refractivity contribution in [1.29, 1.82) is 0 Å². The molecule has 0 unspecified atom stereocenters. The van der Waals surface area contributed by atoms with Crippen molar-refractivity contribution < 1.29 is 27.5 Å². The van der Waals surface area contributed by atoms with Crippen molar-refractivity contribution in [2.24, 2.45) is 0 Å². The van der Waals surface area contributed by atoms with Crippen LogP contribution in [0, 0.1) is 0 Å². The van der Waals surface area contributed by atoms with E-state index < -0.39 is 18.1 Å². The summed E-state index contributed by atoms with van der Waals surface area (Å²) in [5, 5.41) is 0.552. The van der Waals surface area contributed by atoms with Crippen molar-refractivity contribution in [3.63, 3.8) is 0 Å². The lowest BCUT2D eigenvalue weighted by molar-refractivity contribution is -0.193. The second-order valence-corrected chi connectivity index (χ2v) is 3.59. The van der Waals surface area contributed by atoms with Crippen LogP contribution in [0.15, 0.2) is 36.5 Å². The van der Waals surface area contributed by atoms with Crippen LogP contribution < -0.4 is 0 Å². The van der Waals surface area contributed by atoms with Crippen molar-refractivity contribution >= 4 is 35.2 Å². The van der Waals surface area contributed by atoms with Gasteiger partial charge >= 0.3 is 18.1 Å². The van der Waals surface area contributed by atoms with E-state index in [1.807, 2.05) is 0 Å². The fourth-order valence-corrected chi connectivity index (χ4v) is 1.38. The molecule has 4 nitrogen and oxygen atoms in total. The van der Waals surface area contributed by atoms with Gasteiger partial charge in [0.05, 0.1) is 11.1 Å². The lowest BCUT2D eigenvalue weighted by atomic mass is 10.1. The second-order valence-electron chi connectivity index (χ2n) is 3.59. The molecule has 0 saturated heterocycles. The van der Waals surface area contributed by atoms with Gasteiger partial charge in [0.15, 0.2) is 0 Å². The molecule has 2 aromatic rings. The van der Waals surface area contributed by atoms with Gasteiger partial charge in [-0.1, -0.05) is 18.2 Å². The van der Waals surface area contributed by atoms with Crippen LogP contribution in [0.25, 0.3) is 10.9 Å². The minimum absolute atomic E-state index is 0. The summed E-state index contributed by atoms with van der Waals surface area (Å²) in [6, 6.07) is 8.00. The van der Waals surface area contributed by atoms with Gasteiger partial charge in [-0.25, -0.2) is 9.59 Å². The molecule has 20 heavy (non-hydrogen) atoms. The van der Waals surface area contributed by atoms with Crippen LogP contribution in [0.2, 0.25) is 0 Å². The highest BCUT2D eigenvalue weighted by Gasteiger charge is 2.42. The predicted molar refractivity (Wildman–Crippen MR) is 65.5 cm³/mol. The number of ether oxygens (including phenoxy) is 1. The fraction of sp³-hybridized carbons (Fsp3) is 0.0833. The molecule has 0 atom stereocenters. The van der Waals surface area contributed by atoms with Crippen LogP contribution in [0.5, 0.6) is 0 Å². The Hall–Kier alpha value is -2.15. The Bertz CT molecular complexity index is 658. The van der Waals surface area contributed by atoms with Gasteiger partial charge in [-0.3, -0.25) is 4.98 Å². The van der Waals surface area contributed by atoms with E-state index in [0.717, 1.165) is 6.20 Å². The third kappa shape index (κ3) is 3.45. The van der Waals surface area contributed by atoms with Gasteiger partial charge in [0.25, 0.3) is 0 Å². The Morgan fingerprint density at radius 2 is 1.80 bits per heavy atom. The quantitative estimate of drug-likeness (QED) is 0.600. The number of carbonyl (C=O) groups is 2. The first kappa shape index (κ1) is 15.9. The van der Waals surface area contributed by atoms with Crippen molar-refractivity contribution in [2.75, 3.05) is 0 Å². The van der Waals surface area contributed by atoms with Crippen LogP contribution in [-0.4, -0.2) is 23.1 Å². The molecule has 1 heterocycles. The number of carbonyl (C=O) groups excluding carboxylic acids is 2. The largest absolute Gasteiger partial charge is 0.491 e. The minimum Gasteiger partial charge on any atom is -0.383 e. The number of nitrogens with zero attached hydrogens (tertiary/aromatic N) is 1. The average Bonchev–Trinajstić information content (AvgIpc) is 2.37. The maximum absolute atomic E-state index is 11.9. The molecular weight excluding hydrogens is 299 g/mol. The maximum Gasteiger partial charge on any atom is 0.491 e. The van der Waals surface area contributed by atoms with Crippen molar-refractivity contribution in [3.05, 3.63) is 42.1 Å². The zero-order valence-electron chi connectivity index (χ0n) is 9.68. The van der Waals surface area contributed by atoms with E-state index in [4.69, 9.17) is 0 Å². The number of hydrogen-bond acceptors (Lipinski definition) is 4. The standard InChI is InChI=1S/C12H6F3NO3.ClH/c13-12(14,15)11(18)19-10(17)8-5-7-3-1-2-4-9(7)16-6-8;/h1-6H;1H. The van der Waals surface area contributed by atoms with E-state index in [9.17, 15) is 22.8 Å². The van der Waals surface area contributed by atoms with Crippen LogP contribution in [0.4, 0.5) is 13.2 Å². The number of alkyl halides is 3. The van der Waals surface area contributed by atoms with E-state index in [1.54, 1.807) is 24.3 Å². The summed E-state index contributed by atoms with van der Waals surface area (Å²) in [5.74, 6) is -3.94. The van der Waals surface area contributed by atoms with Crippen LogP contribution in [0.1, 0.15) is 10.4 Å². The molecule has 0 fully saturated rings. The SMILES string of the molecule is Cl.O=C(OC(=O)C(F)(F)F)c1cnc2ccccc2c1. The Balaban J connectivity index is 0.00000200. The predicted octanol–water partition coefficient (Wildman–Crippen LogP) is 2.90. The first-order valence-electron chi connectivity index (χ1n) is 5.06. The monoisotopic (exact) mass is 305 g/mol. The lowest BCUT2D eigenvalue weighted by Gasteiger charge is -2.05. The van der Waals surface area contributed by atoms with Gasteiger partial charge in [-0.2, -0.15) is 13.2 Å². The highest BCUT2D eigenvalue weighted by atomic mass is 35.5. The van der Waals surface area contributed by atoms with Crippen molar-refractivity contribution in [2.45, 2.75) is 6.18 Å². The van der Waals surface area contributed by atoms with Gasteiger partial charge in [0.2, 0.25) is 0 Å². The summed E-state index contributed by atoms with van der Waals surface area (Å²) in [7, 11) is 0. The van der Waals surface area contributed by atoms with E-state index >= 15 is 0 Å². The van der Waals surface area contributed by atoms with Gasteiger partial charge in [-0.05, 0) is 12.1 Å². The topological polar surface area (TPSA) is 56.3 Å². The third-order valence-electron chi connectivity index (χ3n) is 2.24. The summed E-state index contributed by atoms with van der Waals surface area (Å²) in [5.41, 5.74) is 0.345. The first-order chi connectivity index (χ1) is 8.88. The molecular formula is C12H7ClF3NO3. The molecule has 0 amide bonds. The summed E-state index contributed by atoms with van der Waals surface area (Å²) in [6.07, 6.45) is -4.16. The number of aromatic nitrogens is 1. The molecule has 1 aromatic heterocycles. The molecule has 2 rings (SSSR count). The van der Waals surface area contributed by atoms with E-state index in [-0.39, 0.29) is 18.0 Å². The normalized spacial score (nSPS) is 10.8. The molecule has 0 aliphatic heterocycles. The van der Waals surface area contributed by atoms with Crippen LogP contribution in [-0.2, 0) is 9.53 Å². The van der Waals surface area contributed by atoms with Gasteiger partial charge in [0.1, 0.15) is 0 Å².